The van der Waals surface area contributed by atoms with Gasteiger partial charge in [-0.15, -0.1) is 11.8 Å². The van der Waals surface area contributed by atoms with Crippen molar-refractivity contribution in [2.75, 3.05) is 6.26 Å². The zero-order chi connectivity index (χ0) is 13.5. The van der Waals surface area contributed by atoms with Crippen LogP contribution in [0.25, 0.3) is 0 Å². The molecule has 0 aromatic heterocycles. The van der Waals surface area contributed by atoms with Crippen LogP contribution in [0.5, 0.6) is 0 Å². The Kier molecular flexibility index (Phi) is 7.55. The highest BCUT2D eigenvalue weighted by Gasteiger charge is 2.32. The van der Waals surface area contributed by atoms with Crippen LogP contribution in [0.2, 0.25) is 0 Å². The Morgan fingerprint density at radius 3 is 2.06 bits per heavy atom. The fraction of sp³-hybridized carbons (Fsp3) is 0.875. The van der Waals surface area contributed by atoms with Gasteiger partial charge in [-0.1, -0.05) is 60.5 Å². The van der Waals surface area contributed by atoms with Crippen molar-refractivity contribution < 1.29 is 0 Å². The third kappa shape index (κ3) is 5.50. The van der Waals surface area contributed by atoms with Gasteiger partial charge in [0.05, 0.1) is 0 Å². The van der Waals surface area contributed by atoms with Crippen molar-refractivity contribution in [2.24, 2.45) is 10.8 Å². The minimum absolute atomic E-state index is 0.329. The lowest BCUT2D eigenvalue weighted by molar-refractivity contribution is 0.185. The van der Waals surface area contributed by atoms with Crippen LogP contribution < -0.4 is 0 Å². The third-order valence-electron chi connectivity index (χ3n) is 3.85. The van der Waals surface area contributed by atoms with Gasteiger partial charge in [0.1, 0.15) is 0 Å². The molecule has 0 unspecified atom stereocenters. The van der Waals surface area contributed by atoms with Gasteiger partial charge >= 0.3 is 0 Å². The fourth-order valence-corrected chi connectivity index (χ4v) is 3.93. The van der Waals surface area contributed by atoms with E-state index in [1.807, 2.05) is 11.8 Å². The van der Waals surface area contributed by atoms with Gasteiger partial charge in [-0.25, -0.2) is 0 Å². The number of allylic oxidation sites excluding steroid dienone is 2. The molecule has 0 radical (unpaired) electrons. The lowest BCUT2D eigenvalue weighted by Gasteiger charge is -2.38. The van der Waals surface area contributed by atoms with Crippen molar-refractivity contribution >= 4 is 11.8 Å². The Balaban J connectivity index is 4.87. The molecule has 0 saturated carbocycles. The highest BCUT2D eigenvalue weighted by Crippen LogP contribution is 2.46. The van der Waals surface area contributed by atoms with Crippen molar-refractivity contribution in [3.05, 3.63) is 11.0 Å². The smallest absolute Gasteiger partial charge is 0.00419 e. The molecule has 0 rings (SSSR count). The zero-order valence-electron chi connectivity index (χ0n) is 13.0. The summed E-state index contributed by atoms with van der Waals surface area (Å²) in [5.41, 5.74) is 0.830. The topological polar surface area (TPSA) is 0 Å². The molecule has 102 valence electrons. The Morgan fingerprint density at radius 1 is 1.12 bits per heavy atom. The standard InChI is InChI=1S/C16H32S/c1-8-11-14(17-7)15(4,5)13-16(6,10-3)12-9-2/h11H,8-10,12-13H2,1-7H3/b14-11+/t16-/m0/s1. The van der Waals surface area contributed by atoms with Crippen LogP contribution in [-0.4, -0.2) is 6.26 Å². The lowest BCUT2D eigenvalue weighted by atomic mass is 9.70. The molecule has 0 aromatic carbocycles. The van der Waals surface area contributed by atoms with Crippen LogP contribution in [0, 0.1) is 10.8 Å². The van der Waals surface area contributed by atoms with Gasteiger partial charge in [0.2, 0.25) is 0 Å². The first-order valence-corrected chi connectivity index (χ1v) is 8.32. The third-order valence-corrected chi connectivity index (χ3v) is 5.01. The molecule has 1 atom stereocenters. The highest BCUT2D eigenvalue weighted by atomic mass is 32.2. The molecular formula is C16H32S. The molecule has 0 nitrogen and oxygen atoms in total. The van der Waals surface area contributed by atoms with Crippen molar-refractivity contribution in [3.8, 4) is 0 Å². The molecule has 0 aliphatic rings. The van der Waals surface area contributed by atoms with E-state index in [9.17, 15) is 0 Å². The summed E-state index contributed by atoms with van der Waals surface area (Å²) in [6.45, 7) is 14.2. The summed E-state index contributed by atoms with van der Waals surface area (Å²) in [6, 6.07) is 0. The van der Waals surface area contributed by atoms with Crippen LogP contribution in [-0.2, 0) is 0 Å². The molecule has 0 saturated heterocycles. The Labute approximate surface area is 114 Å². The van der Waals surface area contributed by atoms with Gasteiger partial charge in [-0.3, -0.25) is 0 Å². The van der Waals surface area contributed by atoms with E-state index < -0.39 is 0 Å². The Morgan fingerprint density at radius 2 is 1.71 bits per heavy atom. The molecule has 0 aliphatic carbocycles. The largest absolute Gasteiger partial charge is 0.134 e. The van der Waals surface area contributed by atoms with Crippen LogP contribution in [0.1, 0.15) is 73.6 Å². The van der Waals surface area contributed by atoms with Crippen LogP contribution in [0.3, 0.4) is 0 Å². The molecule has 0 bridgehead atoms. The van der Waals surface area contributed by atoms with E-state index in [2.05, 4.69) is 53.9 Å². The zero-order valence-corrected chi connectivity index (χ0v) is 13.8. The molecular weight excluding hydrogens is 224 g/mol. The highest BCUT2D eigenvalue weighted by molar-refractivity contribution is 8.02. The summed E-state index contributed by atoms with van der Waals surface area (Å²) in [5, 5.41) is 0. The predicted molar refractivity (Wildman–Crippen MR) is 83.6 cm³/mol. The summed E-state index contributed by atoms with van der Waals surface area (Å²) >= 11 is 1.93. The normalized spacial score (nSPS) is 17.0. The number of rotatable bonds is 8. The summed E-state index contributed by atoms with van der Waals surface area (Å²) in [6.07, 6.45) is 11.0. The second kappa shape index (κ2) is 7.51. The van der Waals surface area contributed by atoms with Gasteiger partial charge < -0.3 is 0 Å². The fourth-order valence-electron chi connectivity index (χ4n) is 2.97. The molecule has 0 aromatic rings. The second-order valence-corrected chi connectivity index (χ2v) is 7.00. The van der Waals surface area contributed by atoms with E-state index in [4.69, 9.17) is 0 Å². The summed E-state index contributed by atoms with van der Waals surface area (Å²) < 4.78 is 0. The maximum absolute atomic E-state index is 2.46. The van der Waals surface area contributed by atoms with E-state index in [-0.39, 0.29) is 0 Å². The molecule has 0 heterocycles. The van der Waals surface area contributed by atoms with Crippen LogP contribution in [0.4, 0.5) is 0 Å². The molecule has 0 spiro atoms. The molecule has 0 aliphatic heterocycles. The van der Waals surface area contributed by atoms with E-state index in [0.29, 0.717) is 10.8 Å². The van der Waals surface area contributed by atoms with Gasteiger partial charge in [-0.05, 0) is 41.3 Å². The van der Waals surface area contributed by atoms with Crippen LogP contribution in [0.15, 0.2) is 11.0 Å². The molecule has 0 N–H and O–H groups in total. The minimum Gasteiger partial charge on any atom is -0.134 e. The minimum atomic E-state index is 0.329. The van der Waals surface area contributed by atoms with E-state index >= 15 is 0 Å². The van der Waals surface area contributed by atoms with Crippen molar-refractivity contribution in [2.45, 2.75) is 73.6 Å². The van der Waals surface area contributed by atoms with Crippen LogP contribution >= 0.6 is 11.8 Å². The first-order chi connectivity index (χ1) is 7.85. The van der Waals surface area contributed by atoms with Gasteiger partial charge in [0.25, 0.3) is 0 Å². The lowest BCUT2D eigenvalue weighted by Crippen LogP contribution is -2.26. The predicted octanol–water partition coefficient (Wildman–Crippen LogP) is 6.28. The van der Waals surface area contributed by atoms with Crippen molar-refractivity contribution in [3.63, 3.8) is 0 Å². The molecule has 17 heavy (non-hydrogen) atoms. The van der Waals surface area contributed by atoms with Gasteiger partial charge in [0.15, 0.2) is 0 Å². The van der Waals surface area contributed by atoms with Crippen molar-refractivity contribution in [1.29, 1.82) is 0 Å². The monoisotopic (exact) mass is 256 g/mol. The summed E-state index contributed by atoms with van der Waals surface area (Å²) in [7, 11) is 0. The second-order valence-electron chi connectivity index (χ2n) is 6.16. The maximum Gasteiger partial charge on any atom is -0.00419 e. The number of thioether (sulfide) groups is 1. The molecule has 1 heteroatoms. The first-order valence-electron chi connectivity index (χ1n) is 7.09. The average molecular weight is 256 g/mol. The maximum atomic E-state index is 2.46. The molecule has 0 amide bonds. The Bertz CT molecular complexity index is 240. The quantitative estimate of drug-likeness (QED) is 0.493. The van der Waals surface area contributed by atoms with E-state index in [1.165, 1.54) is 25.7 Å². The number of hydrogen-bond acceptors (Lipinski definition) is 1. The van der Waals surface area contributed by atoms with E-state index in [0.717, 1.165) is 6.42 Å². The SMILES string of the molecule is CC/C=C(/SC)C(C)(C)C[C@@](C)(CC)CCC. The first kappa shape index (κ1) is 17.1. The van der Waals surface area contributed by atoms with Crippen molar-refractivity contribution in [1.82, 2.24) is 0 Å². The summed E-state index contributed by atoms with van der Waals surface area (Å²) in [5.74, 6) is 0. The summed E-state index contributed by atoms with van der Waals surface area (Å²) in [4.78, 5) is 1.57. The Hall–Kier alpha value is 0.0900. The van der Waals surface area contributed by atoms with Gasteiger partial charge in [-0.2, -0.15) is 0 Å². The average Bonchev–Trinajstić information content (AvgIpc) is 2.25. The van der Waals surface area contributed by atoms with E-state index in [1.54, 1.807) is 4.91 Å². The molecule has 0 fully saturated rings. The number of hydrogen-bond donors (Lipinski definition) is 0. The van der Waals surface area contributed by atoms with Gasteiger partial charge in [0, 0.05) is 0 Å².